The van der Waals surface area contributed by atoms with Crippen molar-refractivity contribution in [3.8, 4) is 0 Å². The number of thiophene rings is 1. The molecule has 0 aliphatic carbocycles. The van der Waals surface area contributed by atoms with Gasteiger partial charge in [-0.2, -0.15) is 0 Å². The number of Topliss-reactive ketones (excluding diaryl/α,β-unsaturated/α-hetero) is 1. The third-order valence-electron chi connectivity index (χ3n) is 3.06. The van der Waals surface area contributed by atoms with Crippen LogP contribution in [0, 0.1) is 0 Å². The zero-order valence-corrected chi connectivity index (χ0v) is 14.5. The summed E-state index contributed by atoms with van der Waals surface area (Å²) in [7, 11) is 2.00. The average molecular weight is 341 g/mol. The maximum absolute atomic E-state index is 11.7. The Bertz CT molecular complexity index is 670. The van der Waals surface area contributed by atoms with Crippen LogP contribution >= 0.6 is 34.7 Å². The Balaban J connectivity index is 2.32. The van der Waals surface area contributed by atoms with Crippen molar-refractivity contribution in [1.29, 1.82) is 0 Å². The second kappa shape index (κ2) is 6.73. The molecule has 0 fully saturated rings. The van der Waals surface area contributed by atoms with Crippen molar-refractivity contribution < 1.29 is 4.79 Å². The van der Waals surface area contributed by atoms with E-state index < -0.39 is 0 Å². The molecule has 0 aliphatic rings. The van der Waals surface area contributed by atoms with Gasteiger partial charge in [-0.1, -0.05) is 23.7 Å². The standard InChI is InChI=1S/C15H17ClN2OS2/c1-9(19)13-12(17)14(20-3)15(21-13)18(2)8-10-5-4-6-11(16)7-10/h4-7H,8,17H2,1-3H3. The Morgan fingerprint density at radius 2 is 2.19 bits per heavy atom. The zero-order valence-electron chi connectivity index (χ0n) is 12.1. The first-order valence-corrected chi connectivity index (χ1v) is 8.78. The van der Waals surface area contributed by atoms with Gasteiger partial charge in [0.05, 0.1) is 15.5 Å². The van der Waals surface area contributed by atoms with Gasteiger partial charge in [-0.15, -0.1) is 23.1 Å². The first kappa shape index (κ1) is 16.2. The molecule has 1 aromatic carbocycles. The molecule has 2 N–H and O–H groups in total. The van der Waals surface area contributed by atoms with Crippen LogP contribution < -0.4 is 10.6 Å². The number of ketones is 1. The van der Waals surface area contributed by atoms with Crippen molar-refractivity contribution in [1.82, 2.24) is 0 Å². The van der Waals surface area contributed by atoms with E-state index >= 15 is 0 Å². The second-order valence-corrected chi connectivity index (χ2v) is 6.98. The van der Waals surface area contributed by atoms with Crippen molar-refractivity contribution in [2.24, 2.45) is 0 Å². The Morgan fingerprint density at radius 1 is 1.48 bits per heavy atom. The van der Waals surface area contributed by atoms with Crippen LogP contribution in [0.5, 0.6) is 0 Å². The van der Waals surface area contributed by atoms with Crippen LogP contribution in [-0.2, 0) is 6.54 Å². The maximum Gasteiger partial charge on any atom is 0.171 e. The number of nitrogen functional groups attached to an aromatic ring is 1. The summed E-state index contributed by atoms with van der Waals surface area (Å²) in [6.45, 7) is 2.26. The minimum atomic E-state index is 0.00945. The number of anilines is 2. The Labute approximate surface area is 138 Å². The molecule has 2 aromatic rings. The highest BCUT2D eigenvalue weighted by Crippen LogP contribution is 2.43. The lowest BCUT2D eigenvalue weighted by Gasteiger charge is -2.19. The van der Waals surface area contributed by atoms with Crippen LogP contribution in [0.2, 0.25) is 5.02 Å². The van der Waals surface area contributed by atoms with Crippen molar-refractivity contribution in [3.05, 3.63) is 39.7 Å². The first-order chi connectivity index (χ1) is 9.93. The molecule has 0 atom stereocenters. The normalized spacial score (nSPS) is 10.7. The summed E-state index contributed by atoms with van der Waals surface area (Å²) in [5, 5.41) is 1.74. The molecule has 0 bridgehead atoms. The topological polar surface area (TPSA) is 46.3 Å². The molecule has 0 radical (unpaired) electrons. The lowest BCUT2D eigenvalue weighted by molar-refractivity contribution is 0.102. The lowest BCUT2D eigenvalue weighted by Crippen LogP contribution is -2.15. The summed E-state index contributed by atoms with van der Waals surface area (Å²) in [5.41, 5.74) is 7.80. The fourth-order valence-electron chi connectivity index (χ4n) is 2.11. The number of hydrogen-bond acceptors (Lipinski definition) is 5. The van der Waals surface area contributed by atoms with E-state index in [1.54, 1.807) is 18.7 Å². The summed E-state index contributed by atoms with van der Waals surface area (Å²) < 4.78 is 0. The highest BCUT2D eigenvalue weighted by Gasteiger charge is 2.20. The number of hydrogen-bond donors (Lipinski definition) is 1. The Hall–Kier alpha value is -1.17. The summed E-state index contributed by atoms with van der Waals surface area (Å²) >= 11 is 9.03. The van der Waals surface area contributed by atoms with Gasteiger partial charge in [-0.25, -0.2) is 0 Å². The SMILES string of the molecule is CSc1c(N(C)Cc2cccc(Cl)c2)sc(C(C)=O)c1N. The van der Waals surface area contributed by atoms with Crippen LogP contribution in [0.25, 0.3) is 0 Å². The molecule has 21 heavy (non-hydrogen) atoms. The van der Waals surface area contributed by atoms with Gasteiger partial charge in [0.1, 0.15) is 5.00 Å². The molecule has 0 saturated heterocycles. The smallest absolute Gasteiger partial charge is 0.171 e. The molecule has 2 rings (SSSR count). The lowest BCUT2D eigenvalue weighted by atomic mass is 10.2. The average Bonchev–Trinajstić information content (AvgIpc) is 2.75. The third-order valence-corrected chi connectivity index (χ3v) is 5.67. The van der Waals surface area contributed by atoms with Gasteiger partial charge in [-0.3, -0.25) is 4.79 Å². The summed E-state index contributed by atoms with van der Waals surface area (Å²) in [4.78, 5) is 15.4. The number of carbonyl (C=O) groups is 1. The van der Waals surface area contributed by atoms with E-state index in [9.17, 15) is 4.79 Å². The van der Waals surface area contributed by atoms with E-state index in [1.165, 1.54) is 11.3 Å². The summed E-state index contributed by atoms with van der Waals surface area (Å²) in [6, 6.07) is 7.77. The minimum Gasteiger partial charge on any atom is -0.396 e. The molecule has 112 valence electrons. The quantitative estimate of drug-likeness (QED) is 0.641. The summed E-state index contributed by atoms with van der Waals surface area (Å²) in [5.74, 6) is 0.00945. The van der Waals surface area contributed by atoms with E-state index in [0.717, 1.165) is 20.5 Å². The molecule has 0 amide bonds. The van der Waals surface area contributed by atoms with Gasteiger partial charge in [0.2, 0.25) is 0 Å². The van der Waals surface area contributed by atoms with Crippen molar-refractivity contribution in [2.75, 3.05) is 23.9 Å². The van der Waals surface area contributed by atoms with Crippen LogP contribution in [0.4, 0.5) is 10.7 Å². The zero-order chi connectivity index (χ0) is 15.6. The largest absolute Gasteiger partial charge is 0.396 e. The molecule has 0 saturated carbocycles. The van der Waals surface area contributed by atoms with Crippen LogP contribution in [0.15, 0.2) is 29.2 Å². The molecular weight excluding hydrogens is 324 g/mol. The number of thioether (sulfide) groups is 1. The van der Waals surface area contributed by atoms with Gasteiger partial charge >= 0.3 is 0 Å². The van der Waals surface area contributed by atoms with E-state index in [2.05, 4.69) is 4.90 Å². The van der Waals surface area contributed by atoms with Gasteiger partial charge in [-0.05, 0) is 24.0 Å². The van der Waals surface area contributed by atoms with Crippen molar-refractivity contribution >= 4 is 51.2 Å². The predicted octanol–water partition coefficient (Wildman–Crippen LogP) is 4.54. The fraction of sp³-hybridized carbons (Fsp3) is 0.267. The van der Waals surface area contributed by atoms with E-state index in [-0.39, 0.29) is 5.78 Å². The molecule has 6 heteroatoms. The Morgan fingerprint density at radius 3 is 2.76 bits per heavy atom. The van der Waals surface area contributed by atoms with Gasteiger partial charge in [0, 0.05) is 25.5 Å². The van der Waals surface area contributed by atoms with E-state index in [4.69, 9.17) is 17.3 Å². The first-order valence-electron chi connectivity index (χ1n) is 6.36. The number of carbonyl (C=O) groups excluding carboxylic acids is 1. The molecule has 0 unspecified atom stereocenters. The third kappa shape index (κ3) is 3.54. The number of halogens is 1. The molecule has 3 nitrogen and oxygen atoms in total. The minimum absolute atomic E-state index is 0.00945. The van der Waals surface area contributed by atoms with Crippen molar-refractivity contribution in [3.63, 3.8) is 0 Å². The van der Waals surface area contributed by atoms with E-state index in [0.29, 0.717) is 17.1 Å². The van der Waals surface area contributed by atoms with Gasteiger partial charge < -0.3 is 10.6 Å². The molecule has 0 aliphatic heterocycles. The molecule has 0 spiro atoms. The van der Waals surface area contributed by atoms with Gasteiger partial charge in [0.15, 0.2) is 5.78 Å². The number of nitrogens with zero attached hydrogens (tertiary/aromatic N) is 1. The summed E-state index contributed by atoms with van der Waals surface area (Å²) in [6.07, 6.45) is 1.97. The maximum atomic E-state index is 11.7. The van der Waals surface area contributed by atoms with Crippen LogP contribution in [0.3, 0.4) is 0 Å². The molecule has 1 aromatic heterocycles. The highest BCUT2D eigenvalue weighted by atomic mass is 35.5. The van der Waals surface area contributed by atoms with E-state index in [1.807, 2.05) is 37.6 Å². The van der Waals surface area contributed by atoms with Gasteiger partial charge in [0.25, 0.3) is 0 Å². The second-order valence-electron chi connectivity index (χ2n) is 4.73. The molecular formula is C15H17ClN2OS2. The number of benzene rings is 1. The van der Waals surface area contributed by atoms with Crippen LogP contribution in [0.1, 0.15) is 22.2 Å². The number of rotatable bonds is 5. The van der Waals surface area contributed by atoms with Crippen molar-refractivity contribution in [2.45, 2.75) is 18.4 Å². The van der Waals surface area contributed by atoms with Crippen LogP contribution in [-0.4, -0.2) is 19.1 Å². The fourth-order valence-corrected chi connectivity index (χ4v) is 4.38. The Kier molecular flexibility index (Phi) is 5.19. The monoisotopic (exact) mass is 340 g/mol. The molecule has 1 heterocycles. The highest BCUT2D eigenvalue weighted by molar-refractivity contribution is 7.99. The predicted molar refractivity (Wildman–Crippen MR) is 94.1 cm³/mol. The number of nitrogens with two attached hydrogens (primary N) is 1.